The van der Waals surface area contributed by atoms with Crippen molar-refractivity contribution in [3.05, 3.63) is 71.4 Å². The molecule has 8 heteroatoms. The van der Waals surface area contributed by atoms with Gasteiger partial charge in [-0.2, -0.15) is 0 Å². The van der Waals surface area contributed by atoms with Crippen LogP contribution >= 0.6 is 0 Å². The number of hydrogen-bond acceptors (Lipinski definition) is 4. The molecule has 3 aromatic rings. The Balaban J connectivity index is 0.00000192. The number of oxazole rings is 1. The van der Waals surface area contributed by atoms with E-state index in [1.807, 2.05) is 18.2 Å². The molecule has 0 unspecified atom stereocenters. The monoisotopic (exact) mass is 340 g/mol. The zero-order valence-corrected chi connectivity index (χ0v) is 12.2. The van der Waals surface area contributed by atoms with E-state index in [-0.39, 0.29) is 34.5 Å². The second-order valence-corrected chi connectivity index (χ2v) is 6.19. The number of benzene rings is 2. The molecule has 0 saturated carbocycles. The van der Waals surface area contributed by atoms with Gasteiger partial charge in [0.05, 0.1) is 16.3 Å². The van der Waals surface area contributed by atoms with Gasteiger partial charge in [-0.1, -0.05) is 30.3 Å². The molecule has 0 saturated heterocycles. The molecular weight excluding hydrogens is 327 g/mol. The predicted octanol–water partition coefficient (Wildman–Crippen LogP) is 1.10. The molecule has 1 aromatic heterocycles. The number of para-hydroxylation sites is 1. The summed E-state index contributed by atoms with van der Waals surface area (Å²) in [6.45, 7) is 0. The minimum atomic E-state index is -3.75. The standard InChI is InChI=1S/C15H12N2O4S.Na.H/c16-22(19,20)13-8-6-11(7-9-13)14-10-21-15(18)17(14)12-4-2-1-3-5-12;;/h1-10H,(H2,16,19,20);;. The molecular formula is C15H13N2NaO4S. The molecule has 0 aliphatic rings. The van der Waals surface area contributed by atoms with Gasteiger partial charge in [-0.3, -0.25) is 0 Å². The maximum absolute atomic E-state index is 11.9. The number of aromatic nitrogens is 1. The fourth-order valence-electron chi connectivity index (χ4n) is 2.14. The van der Waals surface area contributed by atoms with Gasteiger partial charge in [-0.25, -0.2) is 22.9 Å². The Morgan fingerprint density at radius 3 is 2.13 bits per heavy atom. The minimum absolute atomic E-state index is 0. The Labute approximate surface area is 154 Å². The molecule has 0 aliphatic heterocycles. The van der Waals surface area contributed by atoms with Crippen LogP contribution in [0.2, 0.25) is 0 Å². The fraction of sp³-hybridized carbons (Fsp3) is 0. The summed E-state index contributed by atoms with van der Waals surface area (Å²) in [4.78, 5) is 11.9. The van der Waals surface area contributed by atoms with Gasteiger partial charge in [-0.05, 0) is 24.3 Å². The molecule has 114 valence electrons. The van der Waals surface area contributed by atoms with Crippen LogP contribution in [-0.4, -0.2) is 42.5 Å². The van der Waals surface area contributed by atoms with Crippen molar-refractivity contribution in [1.82, 2.24) is 4.57 Å². The summed E-state index contributed by atoms with van der Waals surface area (Å²) in [6, 6.07) is 14.9. The van der Waals surface area contributed by atoms with Crippen molar-refractivity contribution < 1.29 is 12.8 Å². The second-order valence-electron chi connectivity index (χ2n) is 4.63. The van der Waals surface area contributed by atoms with Crippen molar-refractivity contribution in [1.29, 1.82) is 0 Å². The summed E-state index contributed by atoms with van der Waals surface area (Å²) >= 11 is 0. The zero-order chi connectivity index (χ0) is 15.7. The Kier molecular flexibility index (Phi) is 5.28. The van der Waals surface area contributed by atoms with Crippen LogP contribution in [0.3, 0.4) is 0 Å². The summed E-state index contributed by atoms with van der Waals surface area (Å²) in [5.41, 5.74) is 1.83. The van der Waals surface area contributed by atoms with Gasteiger partial charge in [0.25, 0.3) is 0 Å². The maximum atomic E-state index is 11.9. The van der Waals surface area contributed by atoms with E-state index in [0.717, 1.165) is 0 Å². The molecule has 0 spiro atoms. The quantitative estimate of drug-likeness (QED) is 0.722. The molecule has 0 fully saturated rings. The molecule has 2 aromatic carbocycles. The molecule has 0 amide bonds. The summed E-state index contributed by atoms with van der Waals surface area (Å²) in [6.07, 6.45) is 1.33. The number of hydrogen-bond donors (Lipinski definition) is 1. The van der Waals surface area contributed by atoms with E-state index in [4.69, 9.17) is 9.56 Å². The molecule has 3 rings (SSSR count). The topological polar surface area (TPSA) is 95.3 Å². The summed E-state index contributed by atoms with van der Waals surface area (Å²) < 4.78 is 28.9. The van der Waals surface area contributed by atoms with Gasteiger partial charge in [-0.15, -0.1) is 0 Å². The first-order chi connectivity index (χ1) is 10.5. The van der Waals surface area contributed by atoms with Gasteiger partial charge in [0.15, 0.2) is 0 Å². The summed E-state index contributed by atoms with van der Waals surface area (Å²) in [5.74, 6) is -0.517. The number of sulfonamides is 1. The van der Waals surface area contributed by atoms with Crippen molar-refractivity contribution in [3.63, 3.8) is 0 Å². The van der Waals surface area contributed by atoms with Crippen LogP contribution in [0.5, 0.6) is 0 Å². The van der Waals surface area contributed by atoms with Crippen LogP contribution in [0.1, 0.15) is 0 Å². The number of nitrogens with two attached hydrogens (primary N) is 1. The Morgan fingerprint density at radius 1 is 0.957 bits per heavy atom. The summed E-state index contributed by atoms with van der Waals surface area (Å²) in [5, 5.41) is 5.07. The van der Waals surface area contributed by atoms with E-state index in [1.165, 1.54) is 23.0 Å². The Bertz CT molecular complexity index is 961. The number of nitrogens with zero attached hydrogens (tertiary/aromatic N) is 1. The molecule has 0 aliphatic carbocycles. The van der Waals surface area contributed by atoms with Crippen molar-refractivity contribution in [2.45, 2.75) is 4.90 Å². The van der Waals surface area contributed by atoms with Gasteiger partial charge in [0.1, 0.15) is 6.26 Å². The first kappa shape index (κ1) is 17.7. The van der Waals surface area contributed by atoms with Crippen molar-refractivity contribution in [2.75, 3.05) is 0 Å². The second kappa shape index (κ2) is 6.86. The van der Waals surface area contributed by atoms with E-state index in [2.05, 4.69) is 0 Å². The van der Waals surface area contributed by atoms with Crippen molar-refractivity contribution in [2.24, 2.45) is 5.14 Å². The predicted molar refractivity (Wildman–Crippen MR) is 88.3 cm³/mol. The number of primary sulfonamides is 1. The van der Waals surface area contributed by atoms with Crippen LogP contribution in [-0.2, 0) is 10.0 Å². The van der Waals surface area contributed by atoms with Gasteiger partial charge >= 0.3 is 35.3 Å². The normalized spacial score (nSPS) is 11.0. The van der Waals surface area contributed by atoms with E-state index in [0.29, 0.717) is 16.9 Å². The van der Waals surface area contributed by atoms with Gasteiger partial charge in [0, 0.05) is 5.56 Å². The third kappa shape index (κ3) is 3.65. The number of rotatable bonds is 3. The van der Waals surface area contributed by atoms with Crippen LogP contribution in [0, 0.1) is 0 Å². The molecule has 0 radical (unpaired) electrons. The van der Waals surface area contributed by atoms with Crippen molar-refractivity contribution >= 4 is 39.6 Å². The molecule has 1 heterocycles. The van der Waals surface area contributed by atoms with Crippen LogP contribution < -0.4 is 10.9 Å². The molecule has 23 heavy (non-hydrogen) atoms. The third-order valence-corrected chi connectivity index (χ3v) is 4.12. The van der Waals surface area contributed by atoms with Gasteiger partial charge in [0.2, 0.25) is 10.0 Å². The van der Waals surface area contributed by atoms with Gasteiger partial charge < -0.3 is 4.42 Å². The van der Waals surface area contributed by atoms with Crippen LogP contribution in [0.25, 0.3) is 16.9 Å². The van der Waals surface area contributed by atoms with Crippen LogP contribution in [0.4, 0.5) is 0 Å². The molecule has 2 N–H and O–H groups in total. The van der Waals surface area contributed by atoms with E-state index < -0.39 is 15.8 Å². The SMILES string of the molecule is NS(=O)(=O)c1ccc(-c2coc(=O)n2-c2ccccc2)cc1.[NaH]. The first-order valence-electron chi connectivity index (χ1n) is 6.36. The average Bonchev–Trinajstić information content (AvgIpc) is 2.89. The van der Waals surface area contributed by atoms with E-state index in [1.54, 1.807) is 24.3 Å². The Morgan fingerprint density at radius 2 is 1.57 bits per heavy atom. The van der Waals surface area contributed by atoms with E-state index >= 15 is 0 Å². The zero-order valence-electron chi connectivity index (χ0n) is 11.3. The molecule has 0 atom stereocenters. The fourth-order valence-corrected chi connectivity index (χ4v) is 2.66. The van der Waals surface area contributed by atoms with E-state index in [9.17, 15) is 13.2 Å². The average molecular weight is 340 g/mol. The van der Waals surface area contributed by atoms with Crippen LogP contribution in [0.15, 0.2) is 75.0 Å². The van der Waals surface area contributed by atoms with Crippen molar-refractivity contribution in [3.8, 4) is 16.9 Å². The third-order valence-electron chi connectivity index (χ3n) is 3.19. The summed E-state index contributed by atoms with van der Waals surface area (Å²) in [7, 11) is -3.75. The molecule has 0 bridgehead atoms. The first-order valence-corrected chi connectivity index (χ1v) is 7.90. The Hall–Kier alpha value is -1.64. The molecule has 6 nitrogen and oxygen atoms in total.